The molecule has 0 bridgehead atoms. The van der Waals surface area contributed by atoms with E-state index >= 15 is 0 Å². The monoisotopic (exact) mass is 226 g/mol. The van der Waals surface area contributed by atoms with Gasteiger partial charge in [-0.1, -0.05) is 13.8 Å². The number of rotatable bonds is 3. The van der Waals surface area contributed by atoms with Crippen molar-refractivity contribution in [3.63, 3.8) is 0 Å². The Morgan fingerprint density at radius 1 is 1.00 bits per heavy atom. The standard InChI is InChI=1S/C12H26N4/c1-11(2)13-12-4-5-16(10-12)15-8-6-14(3)7-9-15/h11-13H,4-10H2,1-3H3. The topological polar surface area (TPSA) is 21.8 Å². The van der Waals surface area contributed by atoms with E-state index in [-0.39, 0.29) is 0 Å². The molecule has 1 unspecified atom stereocenters. The zero-order valence-corrected chi connectivity index (χ0v) is 10.9. The Hall–Kier alpha value is -0.160. The zero-order valence-electron chi connectivity index (χ0n) is 10.9. The summed E-state index contributed by atoms with van der Waals surface area (Å²) in [6, 6.07) is 1.30. The van der Waals surface area contributed by atoms with Gasteiger partial charge in [0.25, 0.3) is 0 Å². The van der Waals surface area contributed by atoms with Gasteiger partial charge < -0.3 is 10.2 Å². The summed E-state index contributed by atoms with van der Waals surface area (Å²) in [7, 11) is 2.21. The molecule has 0 aromatic carbocycles. The molecule has 94 valence electrons. The predicted molar refractivity (Wildman–Crippen MR) is 67.3 cm³/mol. The molecule has 1 N–H and O–H groups in total. The van der Waals surface area contributed by atoms with Crippen LogP contribution >= 0.6 is 0 Å². The number of piperazine rings is 1. The number of nitrogens with zero attached hydrogens (tertiary/aromatic N) is 3. The Bertz CT molecular complexity index is 211. The lowest BCUT2D eigenvalue weighted by atomic mass is 10.2. The Balaban J connectivity index is 1.75. The molecule has 2 heterocycles. The number of likely N-dealkylation sites (N-methyl/N-ethyl adjacent to an activating group) is 1. The molecule has 0 saturated carbocycles. The molecular formula is C12H26N4. The molecule has 2 rings (SSSR count). The third-order valence-electron chi connectivity index (χ3n) is 3.62. The van der Waals surface area contributed by atoms with Crippen LogP contribution in [-0.2, 0) is 0 Å². The molecule has 0 aliphatic carbocycles. The molecule has 0 aromatic rings. The lowest BCUT2D eigenvalue weighted by molar-refractivity contribution is -0.0371. The van der Waals surface area contributed by atoms with Gasteiger partial charge in [0, 0.05) is 51.4 Å². The van der Waals surface area contributed by atoms with E-state index in [0.29, 0.717) is 12.1 Å². The van der Waals surface area contributed by atoms with Crippen LogP contribution in [0.5, 0.6) is 0 Å². The van der Waals surface area contributed by atoms with Crippen LogP contribution in [0.4, 0.5) is 0 Å². The molecule has 0 radical (unpaired) electrons. The minimum atomic E-state index is 0.609. The summed E-state index contributed by atoms with van der Waals surface area (Å²) in [5.74, 6) is 0. The SMILES string of the molecule is CC(C)NC1CCN(N2CCN(C)CC2)C1. The van der Waals surface area contributed by atoms with Crippen molar-refractivity contribution in [1.29, 1.82) is 0 Å². The van der Waals surface area contributed by atoms with E-state index in [4.69, 9.17) is 0 Å². The highest BCUT2D eigenvalue weighted by atomic mass is 15.6. The minimum Gasteiger partial charge on any atom is -0.310 e. The lowest BCUT2D eigenvalue weighted by Crippen LogP contribution is -2.52. The van der Waals surface area contributed by atoms with E-state index in [0.717, 1.165) is 0 Å². The first-order valence-electron chi connectivity index (χ1n) is 6.59. The predicted octanol–water partition coefficient (Wildman–Crippen LogP) is 0.221. The zero-order chi connectivity index (χ0) is 11.5. The number of hydrazine groups is 1. The highest BCUT2D eigenvalue weighted by Gasteiger charge is 2.28. The molecule has 0 amide bonds. The van der Waals surface area contributed by atoms with Crippen LogP contribution in [0.15, 0.2) is 0 Å². The van der Waals surface area contributed by atoms with E-state index in [1.807, 2.05) is 0 Å². The quantitative estimate of drug-likeness (QED) is 0.743. The van der Waals surface area contributed by atoms with Crippen LogP contribution in [0.1, 0.15) is 20.3 Å². The van der Waals surface area contributed by atoms with E-state index in [1.54, 1.807) is 0 Å². The fraction of sp³-hybridized carbons (Fsp3) is 1.00. The Morgan fingerprint density at radius 3 is 2.31 bits per heavy atom. The largest absolute Gasteiger partial charge is 0.310 e. The van der Waals surface area contributed by atoms with Crippen molar-refractivity contribution in [2.24, 2.45) is 0 Å². The fourth-order valence-electron chi connectivity index (χ4n) is 2.68. The molecule has 2 aliphatic rings. The average molecular weight is 226 g/mol. The van der Waals surface area contributed by atoms with Gasteiger partial charge in [-0.05, 0) is 13.5 Å². The highest BCUT2D eigenvalue weighted by Crippen LogP contribution is 2.14. The number of hydrogen-bond donors (Lipinski definition) is 1. The van der Waals surface area contributed by atoms with Gasteiger partial charge in [-0.15, -0.1) is 0 Å². The first kappa shape index (κ1) is 12.3. The van der Waals surface area contributed by atoms with Gasteiger partial charge in [0.1, 0.15) is 0 Å². The van der Waals surface area contributed by atoms with E-state index in [9.17, 15) is 0 Å². The lowest BCUT2D eigenvalue weighted by Gasteiger charge is -2.38. The molecule has 0 aromatic heterocycles. The van der Waals surface area contributed by atoms with Crippen molar-refractivity contribution in [2.75, 3.05) is 46.3 Å². The third-order valence-corrected chi connectivity index (χ3v) is 3.62. The van der Waals surface area contributed by atoms with Crippen LogP contribution in [0, 0.1) is 0 Å². The number of nitrogens with one attached hydrogen (secondary N) is 1. The molecule has 1 atom stereocenters. The molecule has 2 saturated heterocycles. The third kappa shape index (κ3) is 3.17. The van der Waals surface area contributed by atoms with Gasteiger partial charge >= 0.3 is 0 Å². The summed E-state index contributed by atoms with van der Waals surface area (Å²) in [4.78, 5) is 2.41. The second kappa shape index (κ2) is 5.45. The maximum atomic E-state index is 3.64. The van der Waals surface area contributed by atoms with Gasteiger partial charge in [-0.3, -0.25) is 0 Å². The van der Waals surface area contributed by atoms with Gasteiger partial charge in [0.15, 0.2) is 0 Å². The molecule has 16 heavy (non-hydrogen) atoms. The Labute approximate surface area is 99.5 Å². The molecule has 2 aliphatic heterocycles. The van der Waals surface area contributed by atoms with Crippen molar-refractivity contribution in [3.8, 4) is 0 Å². The smallest absolute Gasteiger partial charge is 0.0288 e. The van der Waals surface area contributed by atoms with E-state index in [1.165, 1.54) is 45.7 Å². The van der Waals surface area contributed by atoms with Crippen LogP contribution in [0.3, 0.4) is 0 Å². The normalized spacial score (nSPS) is 30.4. The first-order chi connectivity index (χ1) is 7.65. The summed E-state index contributed by atoms with van der Waals surface area (Å²) in [5, 5.41) is 8.73. The molecule has 0 spiro atoms. The second-order valence-corrected chi connectivity index (χ2v) is 5.48. The summed E-state index contributed by atoms with van der Waals surface area (Å²) < 4.78 is 0. The van der Waals surface area contributed by atoms with Crippen molar-refractivity contribution < 1.29 is 0 Å². The Kier molecular flexibility index (Phi) is 4.19. The van der Waals surface area contributed by atoms with Crippen LogP contribution in [-0.4, -0.2) is 73.3 Å². The maximum absolute atomic E-state index is 3.64. The molecule has 4 heteroatoms. The van der Waals surface area contributed by atoms with Crippen molar-refractivity contribution >= 4 is 0 Å². The van der Waals surface area contributed by atoms with E-state index in [2.05, 4.69) is 41.1 Å². The fourth-order valence-corrected chi connectivity index (χ4v) is 2.68. The van der Waals surface area contributed by atoms with Crippen LogP contribution in [0.2, 0.25) is 0 Å². The molecule has 4 nitrogen and oxygen atoms in total. The minimum absolute atomic E-state index is 0.609. The Morgan fingerprint density at radius 2 is 1.69 bits per heavy atom. The number of hydrogen-bond acceptors (Lipinski definition) is 4. The van der Waals surface area contributed by atoms with Gasteiger partial charge in [0.05, 0.1) is 0 Å². The highest BCUT2D eigenvalue weighted by molar-refractivity contribution is 4.82. The maximum Gasteiger partial charge on any atom is 0.0288 e. The molecular weight excluding hydrogens is 200 g/mol. The van der Waals surface area contributed by atoms with Gasteiger partial charge in [0.2, 0.25) is 0 Å². The first-order valence-corrected chi connectivity index (χ1v) is 6.59. The van der Waals surface area contributed by atoms with Gasteiger partial charge in [-0.25, -0.2) is 10.0 Å². The van der Waals surface area contributed by atoms with Gasteiger partial charge in [-0.2, -0.15) is 0 Å². The summed E-state index contributed by atoms with van der Waals surface area (Å²) >= 11 is 0. The second-order valence-electron chi connectivity index (χ2n) is 5.48. The summed E-state index contributed by atoms with van der Waals surface area (Å²) in [5.41, 5.74) is 0. The van der Waals surface area contributed by atoms with Crippen molar-refractivity contribution in [3.05, 3.63) is 0 Å². The van der Waals surface area contributed by atoms with Crippen LogP contribution in [0.25, 0.3) is 0 Å². The van der Waals surface area contributed by atoms with Crippen LogP contribution < -0.4 is 5.32 Å². The van der Waals surface area contributed by atoms with E-state index < -0.39 is 0 Å². The summed E-state index contributed by atoms with van der Waals surface area (Å²) in [6.07, 6.45) is 1.30. The van der Waals surface area contributed by atoms with Crippen molar-refractivity contribution in [2.45, 2.75) is 32.4 Å². The van der Waals surface area contributed by atoms with Crippen molar-refractivity contribution in [1.82, 2.24) is 20.2 Å². The summed E-state index contributed by atoms with van der Waals surface area (Å²) in [6.45, 7) is 11.7. The molecule has 2 fully saturated rings. The average Bonchev–Trinajstić information content (AvgIpc) is 2.66.